The third-order valence-corrected chi connectivity index (χ3v) is 2.82. The molecule has 1 aromatic carbocycles. The summed E-state index contributed by atoms with van der Waals surface area (Å²) in [7, 11) is 2.84. The predicted octanol–water partition coefficient (Wildman–Crippen LogP) is 1.29. The highest BCUT2D eigenvalue weighted by atomic mass is 16.5. The number of ether oxygens (including phenoxy) is 2. The van der Waals surface area contributed by atoms with Gasteiger partial charge in [0.05, 0.1) is 32.2 Å². The summed E-state index contributed by atoms with van der Waals surface area (Å²) < 4.78 is 9.74. The van der Waals surface area contributed by atoms with Crippen molar-refractivity contribution in [1.29, 1.82) is 0 Å². The van der Waals surface area contributed by atoms with Crippen LogP contribution in [0.5, 0.6) is 5.75 Å². The van der Waals surface area contributed by atoms with Gasteiger partial charge in [-0.15, -0.1) is 0 Å². The molecule has 1 heterocycles. The highest BCUT2D eigenvalue weighted by Crippen LogP contribution is 2.40. The van der Waals surface area contributed by atoms with E-state index in [1.54, 1.807) is 12.1 Å². The smallest absolute Gasteiger partial charge is 0.306 e. The third-order valence-electron chi connectivity index (χ3n) is 2.82. The molecular formula is C12H13NO4. The molecule has 0 radical (unpaired) electrons. The van der Waals surface area contributed by atoms with Crippen LogP contribution < -0.4 is 10.1 Å². The summed E-state index contributed by atoms with van der Waals surface area (Å²) in [6.45, 7) is 0. The molecule has 1 amide bonds. The first-order valence-electron chi connectivity index (χ1n) is 5.22. The van der Waals surface area contributed by atoms with Crippen molar-refractivity contribution in [2.24, 2.45) is 0 Å². The molecule has 1 aliphatic heterocycles. The van der Waals surface area contributed by atoms with Crippen molar-refractivity contribution >= 4 is 17.6 Å². The number of nitrogens with one attached hydrogen (secondary N) is 1. The lowest BCUT2D eigenvalue weighted by molar-refractivity contribution is -0.142. The second-order valence-corrected chi connectivity index (χ2v) is 3.75. The second-order valence-electron chi connectivity index (χ2n) is 3.75. The van der Waals surface area contributed by atoms with Crippen LogP contribution in [0.1, 0.15) is 17.9 Å². The maximum Gasteiger partial charge on any atom is 0.306 e. The topological polar surface area (TPSA) is 64.6 Å². The van der Waals surface area contributed by atoms with Gasteiger partial charge in [0.25, 0.3) is 0 Å². The highest BCUT2D eigenvalue weighted by Gasteiger charge is 2.34. The largest absolute Gasteiger partial charge is 0.495 e. The molecule has 0 aromatic heterocycles. The van der Waals surface area contributed by atoms with E-state index in [9.17, 15) is 9.59 Å². The first kappa shape index (κ1) is 11.4. The summed E-state index contributed by atoms with van der Waals surface area (Å²) in [4.78, 5) is 23.0. The van der Waals surface area contributed by atoms with Gasteiger partial charge in [-0.25, -0.2) is 0 Å². The molecule has 0 bridgehead atoms. The number of fused-ring (bicyclic) bond motifs is 1. The van der Waals surface area contributed by atoms with Crippen molar-refractivity contribution in [1.82, 2.24) is 0 Å². The maximum atomic E-state index is 11.8. The fraction of sp³-hybridized carbons (Fsp3) is 0.333. The van der Waals surface area contributed by atoms with E-state index in [-0.39, 0.29) is 12.3 Å². The van der Waals surface area contributed by atoms with E-state index >= 15 is 0 Å². The number of para-hydroxylation sites is 1. The average molecular weight is 235 g/mol. The zero-order valence-corrected chi connectivity index (χ0v) is 9.65. The van der Waals surface area contributed by atoms with Gasteiger partial charge in [0.15, 0.2) is 0 Å². The quantitative estimate of drug-likeness (QED) is 0.802. The van der Waals surface area contributed by atoms with Gasteiger partial charge >= 0.3 is 5.97 Å². The van der Waals surface area contributed by atoms with Gasteiger partial charge in [0.2, 0.25) is 5.91 Å². The fourth-order valence-electron chi connectivity index (χ4n) is 1.95. The summed E-state index contributed by atoms with van der Waals surface area (Å²) in [6.07, 6.45) is 0.0441. The van der Waals surface area contributed by atoms with Crippen LogP contribution in [0.25, 0.3) is 0 Å². The number of rotatable bonds is 3. The van der Waals surface area contributed by atoms with Gasteiger partial charge in [-0.05, 0) is 11.6 Å². The molecule has 5 nitrogen and oxygen atoms in total. The third kappa shape index (κ3) is 1.95. The Morgan fingerprint density at radius 3 is 2.82 bits per heavy atom. The Hall–Kier alpha value is -2.04. The summed E-state index contributed by atoms with van der Waals surface area (Å²) in [5, 5.41) is 2.72. The van der Waals surface area contributed by atoms with Crippen LogP contribution in [0.4, 0.5) is 5.69 Å². The van der Waals surface area contributed by atoms with E-state index in [1.807, 2.05) is 6.07 Å². The van der Waals surface area contributed by atoms with Crippen molar-refractivity contribution in [2.75, 3.05) is 19.5 Å². The lowest BCUT2D eigenvalue weighted by atomic mass is 9.97. The Morgan fingerprint density at radius 1 is 1.41 bits per heavy atom. The van der Waals surface area contributed by atoms with E-state index in [0.29, 0.717) is 11.4 Å². The Morgan fingerprint density at radius 2 is 2.18 bits per heavy atom. The molecular weight excluding hydrogens is 222 g/mol. The molecule has 1 atom stereocenters. The predicted molar refractivity (Wildman–Crippen MR) is 61.0 cm³/mol. The minimum absolute atomic E-state index is 0.0441. The van der Waals surface area contributed by atoms with Gasteiger partial charge in [-0.1, -0.05) is 12.1 Å². The number of anilines is 1. The standard InChI is InChI=1S/C12H13NO4/c1-16-9-5-3-4-7-8(6-10(14)17-2)12(15)13-11(7)9/h3-5,8H,6H2,1-2H3,(H,13,15). The van der Waals surface area contributed by atoms with Gasteiger partial charge in [-0.3, -0.25) is 9.59 Å². The molecule has 0 aliphatic carbocycles. The molecule has 1 unspecified atom stereocenters. The Kier molecular flexibility index (Phi) is 2.99. The number of amides is 1. The van der Waals surface area contributed by atoms with Crippen LogP contribution in [-0.4, -0.2) is 26.1 Å². The molecule has 1 aromatic rings. The lowest BCUT2D eigenvalue weighted by Crippen LogP contribution is -2.16. The number of methoxy groups -OCH3 is 2. The molecule has 0 fully saturated rings. The van der Waals surface area contributed by atoms with Crippen molar-refractivity contribution in [3.63, 3.8) is 0 Å². The van der Waals surface area contributed by atoms with Crippen molar-refractivity contribution in [2.45, 2.75) is 12.3 Å². The molecule has 17 heavy (non-hydrogen) atoms. The number of carbonyl (C=O) groups is 2. The van der Waals surface area contributed by atoms with Crippen molar-refractivity contribution < 1.29 is 19.1 Å². The van der Waals surface area contributed by atoms with Gasteiger partial charge < -0.3 is 14.8 Å². The number of hydrogen-bond donors (Lipinski definition) is 1. The maximum absolute atomic E-state index is 11.8. The van der Waals surface area contributed by atoms with E-state index < -0.39 is 11.9 Å². The number of benzene rings is 1. The molecule has 90 valence electrons. The average Bonchev–Trinajstić information content (AvgIpc) is 2.66. The van der Waals surface area contributed by atoms with Gasteiger partial charge in [-0.2, -0.15) is 0 Å². The normalized spacial score (nSPS) is 17.3. The summed E-state index contributed by atoms with van der Waals surface area (Å²) in [5.41, 5.74) is 1.42. The minimum atomic E-state index is -0.493. The Balaban J connectivity index is 2.34. The first-order chi connectivity index (χ1) is 8.17. The zero-order valence-electron chi connectivity index (χ0n) is 9.65. The highest BCUT2D eigenvalue weighted by molar-refractivity contribution is 6.06. The van der Waals surface area contributed by atoms with Crippen molar-refractivity contribution in [3.8, 4) is 5.75 Å². The van der Waals surface area contributed by atoms with E-state index in [0.717, 1.165) is 5.56 Å². The van der Waals surface area contributed by atoms with E-state index in [4.69, 9.17) is 4.74 Å². The van der Waals surface area contributed by atoms with Crippen LogP contribution in [0.15, 0.2) is 18.2 Å². The first-order valence-corrected chi connectivity index (χ1v) is 5.22. The molecule has 1 aliphatic rings. The van der Waals surface area contributed by atoms with Crippen LogP contribution >= 0.6 is 0 Å². The monoisotopic (exact) mass is 235 g/mol. The second kappa shape index (κ2) is 4.45. The fourth-order valence-corrected chi connectivity index (χ4v) is 1.95. The molecule has 2 rings (SSSR count). The molecule has 0 saturated carbocycles. The molecule has 0 saturated heterocycles. The summed E-state index contributed by atoms with van der Waals surface area (Å²) >= 11 is 0. The lowest BCUT2D eigenvalue weighted by Gasteiger charge is -2.08. The van der Waals surface area contributed by atoms with Crippen LogP contribution in [0.2, 0.25) is 0 Å². The van der Waals surface area contributed by atoms with Crippen LogP contribution in [-0.2, 0) is 14.3 Å². The van der Waals surface area contributed by atoms with Crippen molar-refractivity contribution in [3.05, 3.63) is 23.8 Å². The van der Waals surface area contributed by atoms with Crippen LogP contribution in [0.3, 0.4) is 0 Å². The Bertz CT molecular complexity index is 470. The molecule has 0 spiro atoms. The van der Waals surface area contributed by atoms with Gasteiger partial charge in [0, 0.05) is 0 Å². The Labute approximate surface area is 98.7 Å². The van der Waals surface area contributed by atoms with Crippen LogP contribution in [0, 0.1) is 0 Å². The number of esters is 1. The molecule has 1 N–H and O–H groups in total. The van der Waals surface area contributed by atoms with Gasteiger partial charge in [0.1, 0.15) is 5.75 Å². The summed E-state index contributed by atoms with van der Waals surface area (Å²) in [6, 6.07) is 5.37. The summed E-state index contributed by atoms with van der Waals surface area (Å²) in [5.74, 6) is -0.494. The van der Waals surface area contributed by atoms with E-state index in [1.165, 1.54) is 14.2 Å². The number of hydrogen-bond acceptors (Lipinski definition) is 4. The molecule has 5 heteroatoms. The number of carbonyl (C=O) groups excluding carboxylic acids is 2. The minimum Gasteiger partial charge on any atom is -0.495 e. The zero-order chi connectivity index (χ0) is 12.4. The van der Waals surface area contributed by atoms with E-state index in [2.05, 4.69) is 10.1 Å². The SMILES string of the molecule is COC(=O)CC1C(=O)Nc2c(OC)cccc21.